The van der Waals surface area contributed by atoms with Crippen LogP contribution in [0, 0.1) is 0 Å². The smallest absolute Gasteiger partial charge is 0.346 e. The zero-order chi connectivity index (χ0) is 16.1. The molecule has 0 spiro atoms. The fourth-order valence-electron chi connectivity index (χ4n) is 1.76. The average Bonchev–Trinajstić information content (AvgIpc) is 2.54. The Kier molecular flexibility index (Phi) is 5.16. The molecule has 0 saturated carbocycles. The number of ether oxygens (including phenoxy) is 2. The van der Waals surface area contributed by atoms with Crippen LogP contribution in [0.3, 0.4) is 0 Å². The van der Waals surface area contributed by atoms with E-state index < -0.39 is 12.1 Å². The van der Waals surface area contributed by atoms with Gasteiger partial charge in [0.2, 0.25) is 5.95 Å². The lowest BCUT2D eigenvalue weighted by Gasteiger charge is -2.18. The van der Waals surface area contributed by atoms with Crippen molar-refractivity contribution >= 4 is 29.2 Å². The minimum absolute atomic E-state index is 0.421. The Labute approximate surface area is 133 Å². The molecule has 2 aromatic rings. The van der Waals surface area contributed by atoms with Gasteiger partial charge in [-0.25, -0.2) is 14.8 Å². The number of hydrogen-bond donors (Lipinski definition) is 0. The van der Waals surface area contributed by atoms with Gasteiger partial charge >= 0.3 is 5.97 Å². The van der Waals surface area contributed by atoms with E-state index in [1.165, 1.54) is 19.5 Å². The number of hydrogen-bond acceptors (Lipinski definition) is 6. The van der Waals surface area contributed by atoms with Crippen LogP contribution in [0.25, 0.3) is 0 Å². The van der Waals surface area contributed by atoms with Crippen molar-refractivity contribution in [2.75, 3.05) is 19.1 Å². The first kappa shape index (κ1) is 16.0. The predicted molar refractivity (Wildman–Crippen MR) is 83.7 cm³/mol. The van der Waals surface area contributed by atoms with Gasteiger partial charge in [0, 0.05) is 12.7 Å². The molecule has 6 nitrogen and oxygen atoms in total. The second-order valence-electron chi connectivity index (χ2n) is 4.54. The lowest BCUT2D eigenvalue weighted by molar-refractivity contribution is -0.147. The monoisotopic (exact) mass is 321 g/mol. The summed E-state index contributed by atoms with van der Waals surface area (Å²) in [5.41, 5.74) is 0.875. The van der Waals surface area contributed by atoms with Crippen LogP contribution >= 0.6 is 11.6 Å². The van der Waals surface area contributed by atoms with E-state index in [-0.39, 0.29) is 0 Å². The van der Waals surface area contributed by atoms with Gasteiger partial charge < -0.3 is 14.4 Å². The Morgan fingerprint density at radius 2 is 1.82 bits per heavy atom. The molecule has 7 heteroatoms. The highest BCUT2D eigenvalue weighted by molar-refractivity contribution is 6.30. The molecule has 2 rings (SSSR count). The van der Waals surface area contributed by atoms with E-state index in [1.807, 2.05) is 24.1 Å². The Balaban J connectivity index is 2.08. The number of halogens is 1. The molecule has 0 fully saturated rings. The van der Waals surface area contributed by atoms with Crippen molar-refractivity contribution in [3.63, 3.8) is 0 Å². The van der Waals surface area contributed by atoms with Gasteiger partial charge in [-0.15, -0.1) is 0 Å². The fraction of sp³-hybridized carbons (Fsp3) is 0.267. The highest BCUT2D eigenvalue weighted by atomic mass is 35.5. The van der Waals surface area contributed by atoms with Crippen molar-refractivity contribution in [1.82, 2.24) is 9.97 Å². The van der Waals surface area contributed by atoms with Crippen LogP contribution in [-0.2, 0) is 9.53 Å². The molecule has 0 aliphatic carbocycles. The molecule has 0 aliphatic heterocycles. The van der Waals surface area contributed by atoms with Crippen molar-refractivity contribution in [2.45, 2.75) is 13.0 Å². The number of methoxy groups -OCH3 is 1. The molecule has 116 valence electrons. The third kappa shape index (κ3) is 3.85. The summed E-state index contributed by atoms with van der Waals surface area (Å²) >= 11 is 5.77. The summed E-state index contributed by atoms with van der Waals surface area (Å²) in [5.74, 6) is 0.684. The molecular weight excluding hydrogens is 306 g/mol. The van der Waals surface area contributed by atoms with Gasteiger partial charge in [0.05, 0.1) is 24.5 Å². The molecule has 22 heavy (non-hydrogen) atoms. The van der Waals surface area contributed by atoms with Gasteiger partial charge in [0.15, 0.2) is 6.10 Å². The molecule has 0 N–H and O–H groups in total. The largest absolute Gasteiger partial charge is 0.479 e. The fourth-order valence-corrected chi connectivity index (χ4v) is 1.86. The van der Waals surface area contributed by atoms with Gasteiger partial charge in [0.1, 0.15) is 5.75 Å². The van der Waals surface area contributed by atoms with Crippen LogP contribution in [0.5, 0.6) is 5.75 Å². The Morgan fingerprint density at radius 1 is 1.23 bits per heavy atom. The SMILES string of the molecule is COC(=O)C(C)Oc1ccc(N(C)c2ncc(Cl)cn2)cc1. The van der Waals surface area contributed by atoms with Gasteiger partial charge in [-0.1, -0.05) is 11.6 Å². The molecule has 1 aromatic carbocycles. The standard InChI is InChI=1S/C15H16ClN3O3/c1-10(14(20)21-3)22-13-6-4-12(5-7-13)19(2)15-17-8-11(16)9-18-15/h4-10H,1-3H3. The van der Waals surface area contributed by atoms with E-state index >= 15 is 0 Å². The Hall–Kier alpha value is -2.34. The summed E-state index contributed by atoms with van der Waals surface area (Å²) < 4.78 is 10.1. The maximum absolute atomic E-state index is 11.3. The molecular formula is C15H16ClN3O3. The number of esters is 1. The summed E-state index contributed by atoms with van der Waals surface area (Å²) in [6, 6.07) is 7.22. The van der Waals surface area contributed by atoms with Gasteiger partial charge in [-0.3, -0.25) is 0 Å². The van der Waals surface area contributed by atoms with Crippen LogP contribution in [0.4, 0.5) is 11.6 Å². The first-order chi connectivity index (χ1) is 10.5. The van der Waals surface area contributed by atoms with Gasteiger partial charge in [-0.05, 0) is 31.2 Å². The highest BCUT2D eigenvalue weighted by Gasteiger charge is 2.15. The maximum Gasteiger partial charge on any atom is 0.346 e. The lowest BCUT2D eigenvalue weighted by Crippen LogP contribution is -2.24. The second-order valence-corrected chi connectivity index (χ2v) is 4.97. The van der Waals surface area contributed by atoms with Crippen molar-refractivity contribution < 1.29 is 14.3 Å². The maximum atomic E-state index is 11.3. The Morgan fingerprint density at radius 3 is 2.36 bits per heavy atom. The zero-order valence-electron chi connectivity index (χ0n) is 12.5. The summed E-state index contributed by atoms with van der Waals surface area (Å²) in [6.45, 7) is 1.63. The first-order valence-corrected chi connectivity index (χ1v) is 6.95. The average molecular weight is 322 g/mol. The van der Waals surface area contributed by atoms with Crippen LogP contribution < -0.4 is 9.64 Å². The van der Waals surface area contributed by atoms with E-state index in [0.29, 0.717) is 16.7 Å². The number of carbonyl (C=O) groups is 1. The third-order valence-corrected chi connectivity index (χ3v) is 3.17. The minimum atomic E-state index is -0.659. The van der Waals surface area contributed by atoms with Crippen LogP contribution in [0.2, 0.25) is 5.02 Å². The normalized spacial score (nSPS) is 11.6. The molecule has 1 atom stereocenters. The van der Waals surface area contributed by atoms with Crippen LogP contribution in [0.15, 0.2) is 36.7 Å². The van der Waals surface area contributed by atoms with Gasteiger partial charge in [0.25, 0.3) is 0 Å². The van der Waals surface area contributed by atoms with Crippen molar-refractivity contribution in [2.24, 2.45) is 0 Å². The lowest BCUT2D eigenvalue weighted by atomic mass is 10.3. The molecule has 0 amide bonds. The van der Waals surface area contributed by atoms with Crippen molar-refractivity contribution in [3.8, 4) is 5.75 Å². The summed E-state index contributed by atoms with van der Waals surface area (Å²) in [4.78, 5) is 21.4. The topological polar surface area (TPSA) is 64.6 Å². The van der Waals surface area contributed by atoms with E-state index in [1.54, 1.807) is 19.1 Å². The Bertz CT molecular complexity index is 631. The van der Waals surface area contributed by atoms with Crippen LogP contribution in [0.1, 0.15) is 6.92 Å². The highest BCUT2D eigenvalue weighted by Crippen LogP contribution is 2.23. The summed E-state index contributed by atoms with van der Waals surface area (Å²) in [6.07, 6.45) is 2.42. The van der Waals surface area contributed by atoms with Crippen molar-refractivity contribution in [1.29, 1.82) is 0 Å². The van der Waals surface area contributed by atoms with Gasteiger partial charge in [-0.2, -0.15) is 0 Å². The third-order valence-electron chi connectivity index (χ3n) is 2.98. The number of nitrogens with zero attached hydrogens (tertiary/aromatic N) is 3. The van der Waals surface area contributed by atoms with E-state index in [4.69, 9.17) is 16.3 Å². The molecule has 0 saturated heterocycles. The second kappa shape index (κ2) is 7.09. The molecule has 1 aromatic heterocycles. The summed E-state index contributed by atoms with van der Waals surface area (Å²) in [5, 5.41) is 0.484. The van der Waals surface area contributed by atoms with E-state index in [0.717, 1.165) is 5.69 Å². The number of rotatable bonds is 5. The van der Waals surface area contributed by atoms with Crippen LogP contribution in [-0.4, -0.2) is 36.2 Å². The number of benzene rings is 1. The number of aromatic nitrogens is 2. The van der Waals surface area contributed by atoms with E-state index in [2.05, 4.69) is 14.7 Å². The summed E-state index contributed by atoms with van der Waals surface area (Å²) in [7, 11) is 3.17. The first-order valence-electron chi connectivity index (χ1n) is 6.57. The molecule has 0 aliphatic rings. The molecule has 0 bridgehead atoms. The number of carbonyl (C=O) groups excluding carboxylic acids is 1. The quantitative estimate of drug-likeness (QED) is 0.789. The predicted octanol–water partition coefficient (Wildman–Crippen LogP) is 2.84. The molecule has 0 radical (unpaired) electrons. The minimum Gasteiger partial charge on any atom is -0.479 e. The zero-order valence-corrected chi connectivity index (χ0v) is 13.2. The molecule has 1 unspecified atom stereocenters. The molecule has 1 heterocycles. The number of anilines is 2. The van der Waals surface area contributed by atoms with Crippen molar-refractivity contribution in [3.05, 3.63) is 41.7 Å². The van der Waals surface area contributed by atoms with E-state index in [9.17, 15) is 4.79 Å².